The molecule has 56 valence electrons. The Morgan fingerprint density at radius 1 is 1.44 bits per heavy atom. The molecule has 0 aliphatic heterocycles. The van der Waals surface area contributed by atoms with E-state index in [9.17, 15) is 0 Å². The van der Waals surface area contributed by atoms with Crippen LogP contribution in [0.1, 0.15) is 0 Å². The molecule has 0 saturated carbocycles. The molecular weight excluding hydrogens is 132 g/mol. The van der Waals surface area contributed by atoms with Gasteiger partial charge in [-0.2, -0.15) is 0 Å². The largest absolute Gasteiger partial charge is 0.504 e. The lowest BCUT2D eigenvalue weighted by Gasteiger charge is -1.77. The highest BCUT2D eigenvalue weighted by atomic mass is 28.1. The molecule has 0 bridgehead atoms. The van der Waals surface area contributed by atoms with Crippen LogP contribution in [-0.4, -0.2) is 22.8 Å². The van der Waals surface area contributed by atoms with Crippen LogP contribution in [0.25, 0.3) is 0 Å². The van der Waals surface area contributed by atoms with Crippen molar-refractivity contribution in [2.45, 2.75) is 6.55 Å². The summed E-state index contributed by atoms with van der Waals surface area (Å²) in [5.74, 6) is 0. The Morgan fingerprint density at radius 3 is 2.00 bits per heavy atom. The van der Waals surface area contributed by atoms with Gasteiger partial charge in [0.25, 0.3) is 0 Å². The molecule has 0 spiro atoms. The molecule has 2 N–H and O–H groups in total. The van der Waals surface area contributed by atoms with Crippen molar-refractivity contribution in [3.63, 3.8) is 0 Å². The second-order valence-corrected chi connectivity index (χ2v) is 0.800. The van der Waals surface area contributed by atoms with Gasteiger partial charge in [-0.1, -0.05) is 19.2 Å². The average molecular weight is 148 g/mol. The summed E-state index contributed by atoms with van der Waals surface area (Å²) in [5, 5.41) is 0. The van der Waals surface area contributed by atoms with Crippen molar-refractivity contribution in [1.29, 1.82) is 0 Å². The molecule has 0 aliphatic rings. The fourth-order valence-corrected chi connectivity index (χ4v) is 0.134. The third-order valence-corrected chi connectivity index (χ3v) is 0.351. The molecule has 0 saturated heterocycles. The number of hydrogen-bond donors (Lipinski definition) is 0. The van der Waals surface area contributed by atoms with Crippen LogP contribution < -0.4 is 0 Å². The third-order valence-electron chi connectivity index (χ3n) is 0.351. The van der Waals surface area contributed by atoms with E-state index in [0.717, 1.165) is 0 Å². The van der Waals surface area contributed by atoms with Gasteiger partial charge in [0.05, 0.1) is 13.4 Å². The van der Waals surface area contributed by atoms with Gasteiger partial charge in [-0.05, 0) is 16.3 Å². The maximum atomic E-state index is 4.53. The molecule has 0 aromatic carbocycles. The summed E-state index contributed by atoms with van der Waals surface area (Å²) in [5.41, 5.74) is 0. The van der Waals surface area contributed by atoms with Gasteiger partial charge in [-0.15, -0.1) is 0 Å². The Hall–Kier alpha value is -0.543. The first-order valence-corrected chi connectivity index (χ1v) is 4.72. The predicted octanol–water partition coefficient (Wildman–Crippen LogP) is -0.0923. The van der Waals surface area contributed by atoms with E-state index in [2.05, 4.69) is 17.9 Å². The van der Waals surface area contributed by atoms with Crippen molar-refractivity contribution in [2.75, 3.05) is 7.11 Å². The third kappa shape index (κ3) is 36.8. The standard InChI is InChI=1S/C5H8O.CH6Si.H2O/c1-3-4-5-6-2;1-2;/h3-5H,1H2,2H3;1-2H3;1H2. The molecule has 0 radical (unpaired) electrons. The molecule has 0 aromatic heterocycles. The van der Waals surface area contributed by atoms with Crippen molar-refractivity contribution in [2.24, 2.45) is 0 Å². The van der Waals surface area contributed by atoms with Crippen LogP contribution in [0.4, 0.5) is 0 Å². The minimum atomic E-state index is 0. The van der Waals surface area contributed by atoms with Crippen molar-refractivity contribution < 1.29 is 10.2 Å². The Balaban J connectivity index is -0.000000109. The van der Waals surface area contributed by atoms with E-state index < -0.39 is 0 Å². The van der Waals surface area contributed by atoms with Crippen LogP contribution in [0.5, 0.6) is 0 Å². The van der Waals surface area contributed by atoms with Crippen LogP contribution >= 0.6 is 0 Å². The molecular formula is C6H16O2Si. The van der Waals surface area contributed by atoms with Gasteiger partial charge in [0.1, 0.15) is 0 Å². The first kappa shape index (κ1) is 15.8. The lowest BCUT2D eigenvalue weighted by Crippen LogP contribution is -1.58. The van der Waals surface area contributed by atoms with Gasteiger partial charge in [0.2, 0.25) is 0 Å². The Labute approximate surface area is 60.0 Å². The van der Waals surface area contributed by atoms with Crippen molar-refractivity contribution >= 4 is 10.2 Å². The first-order chi connectivity index (χ1) is 3.91. The average Bonchev–Trinajstić information content (AvgIpc) is 1.88. The summed E-state index contributed by atoms with van der Waals surface area (Å²) in [6, 6.07) is 0. The van der Waals surface area contributed by atoms with Gasteiger partial charge >= 0.3 is 0 Å². The number of methoxy groups -OCH3 is 1. The highest BCUT2D eigenvalue weighted by Gasteiger charge is 1.51. The van der Waals surface area contributed by atoms with Gasteiger partial charge < -0.3 is 10.2 Å². The fourth-order valence-electron chi connectivity index (χ4n) is 0.134. The van der Waals surface area contributed by atoms with E-state index in [-0.39, 0.29) is 5.48 Å². The van der Waals surface area contributed by atoms with E-state index in [1.54, 1.807) is 25.5 Å². The minimum Gasteiger partial charge on any atom is -0.504 e. The highest BCUT2D eigenvalue weighted by Crippen LogP contribution is 1.69. The molecule has 3 heteroatoms. The summed E-state index contributed by atoms with van der Waals surface area (Å²) in [4.78, 5) is 0. The SMILES string of the molecule is C=CC=COC.C[SiH3].O. The van der Waals surface area contributed by atoms with E-state index in [1.807, 2.05) is 0 Å². The van der Waals surface area contributed by atoms with Gasteiger partial charge in [-0.25, -0.2) is 0 Å². The quantitative estimate of drug-likeness (QED) is 0.306. The van der Waals surface area contributed by atoms with Crippen LogP contribution in [0.3, 0.4) is 0 Å². The molecule has 0 unspecified atom stereocenters. The first-order valence-electron chi connectivity index (χ1n) is 2.72. The highest BCUT2D eigenvalue weighted by molar-refractivity contribution is 6.05. The Bertz CT molecular complexity index is 62.1. The van der Waals surface area contributed by atoms with Crippen molar-refractivity contribution in [1.82, 2.24) is 0 Å². The van der Waals surface area contributed by atoms with Crippen molar-refractivity contribution in [3.05, 3.63) is 25.0 Å². The zero-order chi connectivity index (χ0) is 6.83. The maximum absolute atomic E-state index is 4.53. The summed E-state index contributed by atoms with van der Waals surface area (Å²) >= 11 is 0. The molecule has 0 fully saturated rings. The molecule has 9 heavy (non-hydrogen) atoms. The zero-order valence-corrected chi connectivity index (χ0v) is 8.35. The summed E-state index contributed by atoms with van der Waals surface area (Å²) in [6.45, 7) is 5.57. The van der Waals surface area contributed by atoms with Crippen LogP contribution in [0, 0.1) is 0 Å². The van der Waals surface area contributed by atoms with E-state index >= 15 is 0 Å². The fraction of sp³-hybridized carbons (Fsp3) is 0.333. The molecule has 0 amide bonds. The normalized spacial score (nSPS) is 6.89. The van der Waals surface area contributed by atoms with E-state index in [4.69, 9.17) is 0 Å². The van der Waals surface area contributed by atoms with Crippen LogP contribution in [0.2, 0.25) is 6.55 Å². The number of allylic oxidation sites excluding steroid dienone is 2. The smallest absolute Gasteiger partial charge is 0.0824 e. The summed E-state index contributed by atoms with van der Waals surface area (Å²) in [6.07, 6.45) is 4.94. The molecule has 0 aromatic rings. The lowest BCUT2D eigenvalue weighted by molar-refractivity contribution is 0.338. The molecule has 0 atom stereocenters. The zero-order valence-electron chi connectivity index (χ0n) is 6.35. The Morgan fingerprint density at radius 2 is 1.89 bits per heavy atom. The van der Waals surface area contributed by atoms with Crippen molar-refractivity contribution in [3.8, 4) is 0 Å². The topological polar surface area (TPSA) is 40.7 Å². The number of hydrogen-bond acceptors (Lipinski definition) is 1. The molecule has 0 rings (SSSR count). The van der Waals surface area contributed by atoms with E-state index in [1.165, 1.54) is 10.2 Å². The van der Waals surface area contributed by atoms with E-state index in [0.29, 0.717) is 0 Å². The van der Waals surface area contributed by atoms with Crippen LogP contribution in [-0.2, 0) is 4.74 Å². The second kappa shape index (κ2) is 26.0. The van der Waals surface area contributed by atoms with Gasteiger partial charge in [0.15, 0.2) is 0 Å². The number of ether oxygens (including phenoxy) is 1. The molecule has 0 heterocycles. The minimum absolute atomic E-state index is 0. The molecule has 0 aliphatic carbocycles. The second-order valence-electron chi connectivity index (χ2n) is 0.800. The van der Waals surface area contributed by atoms with Gasteiger partial charge in [0, 0.05) is 0 Å². The van der Waals surface area contributed by atoms with Crippen LogP contribution in [0.15, 0.2) is 25.0 Å². The van der Waals surface area contributed by atoms with Gasteiger partial charge in [-0.3, -0.25) is 0 Å². The lowest BCUT2D eigenvalue weighted by atomic mass is 10.6. The predicted molar refractivity (Wildman–Crippen MR) is 45.8 cm³/mol. The summed E-state index contributed by atoms with van der Waals surface area (Å²) < 4.78 is 4.53. The number of rotatable bonds is 2. The monoisotopic (exact) mass is 148 g/mol. The maximum Gasteiger partial charge on any atom is 0.0824 e. The molecule has 2 nitrogen and oxygen atoms in total. The summed E-state index contributed by atoms with van der Waals surface area (Å²) in [7, 11) is 2.90. The Kier molecular flexibility index (Phi) is 45.6.